The van der Waals surface area contributed by atoms with Gasteiger partial charge >= 0.3 is 0 Å². The minimum absolute atomic E-state index is 0.0839. The summed E-state index contributed by atoms with van der Waals surface area (Å²) in [5.41, 5.74) is 3.09. The number of hydrogen-bond acceptors (Lipinski definition) is 1. The van der Waals surface area contributed by atoms with Crippen LogP contribution in [0.25, 0.3) is 0 Å². The lowest BCUT2D eigenvalue weighted by atomic mass is 9.94. The minimum Gasteiger partial charge on any atom is -0.306 e. The highest BCUT2D eigenvalue weighted by Crippen LogP contribution is 2.31. The van der Waals surface area contributed by atoms with Gasteiger partial charge in [0.15, 0.2) is 0 Å². The Morgan fingerprint density at radius 3 is 2.50 bits per heavy atom. The van der Waals surface area contributed by atoms with E-state index in [-0.39, 0.29) is 16.9 Å². The fourth-order valence-electron chi connectivity index (χ4n) is 2.33. The van der Waals surface area contributed by atoms with Gasteiger partial charge in [-0.15, -0.1) is 0 Å². The first-order valence-electron chi connectivity index (χ1n) is 6.88. The van der Waals surface area contributed by atoms with Crippen LogP contribution < -0.4 is 5.32 Å². The second-order valence-corrected chi connectivity index (χ2v) is 5.26. The number of benzene rings is 2. The second kappa shape index (κ2) is 6.87. The Hall–Kier alpha value is -1.38. The van der Waals surface area contributed by atoms with Gasteiger partial charge in [-0.1, -0.05) is 54.9 Å². The third kappa shape index (κ3) is 3.20. The van der Waals surface area contributed by atoms with E-state index in [0.717, 1.165) is 24.1 Å². The number of aryl methyl sites for hydroxylation is 1. The van der Waals surface area contributed by atoms with Gasteiger partial charge in [0, 0.05) is 0 Å². The Kier molecular flexibility index (Phi) is 5.16. The number of nitrogens with one attached hydrogen (secondary N) is 1. The topological polar surface area (TPSA) is 12.0 Å². The van der Waals surface area contributed by atoms with Crippen LogP contribution >= 0.6 is 11.6 Å². The van der Waals surface area contributed by atoms with Crippen molar-refractivity contribution in [3.63, 3.8) is 0 Å². The number of halogens is 2. The zero-order valence-corrected chi connectivity index (χ0v) is 12.5. The van der Waals surface area contributed by atoms with Gasteiger partial charge in [-0.2, -0.15) is 0 Å². The largest absolute Gasteiger partial charge is 0.306 e. The van der Waals surface area contributed by atoms with Crippen LogP contribution in [-0.4, -0.2) is 6.54 Å². The molecule has 0 aromatic heterocycles. The molecule has 1 atom stereocenters. The fraction of sp³-hybridized carbons (Fsp3) is 0.294. The Morgan fingerprint density at radius 2 is 1.80 bits per heavy atom. The van der Waals surface area contributed by atoms with Gasteiger partial charge in [-0.05, 0) is 42.6 Å². The van der Waals surface area contributed by atoms with Crippen molar-refractivity contribution in [1.29, 1.82) is 0 Å². The maximum Gasteiger partial charge on any atom is 0.142 e. The molecule has 0 heterocycles. The SMILES string of the molecule is CCCNC(c1ccccc1C)c1cccc(F)c1Cl. The molecule has 0 amide bonds. The van der Waals surface area contributed by atoms with Gasteiger partial charge in [0.05, 0.1) is 11.1 Å². The maximum absolute atomic E-state index is 13.7. The molecule has 0 aliphatic carbocycles. The van der Waals surface area contributed by atoms with Crippen LogP contribution in [0.15, 0.2) is 42.5 Å². The summed E-state index contributed by atoms with van der Waals surface area (Å²) in [4.78, 5) is 0. The summed E-state index contributed by atoms with van der Waals surface area (Å²) in [5, 5.41) is 3.66. The van der Waals surface area contributed by atoms with Crippen LogP contribution in [0, 0.1) is 12.7 Å². The van der Waals surface area contributed by atoms with Crippen molar-refractivity contribution < 1.29 is 4.39 Å². The van der Waals surface area contributed by atoms with Crippen LogP contribution in [-0.2, 0) is 0 Å². The molecule has 0 aliphatic heterocycles. The molecule has 20 heavy (non-hydrogen) atoms. The highest BCUT2D eigenvalue weighted by Gasteiger charge is 2.19. The van der Waals surface area contributed by atoms with Gasteiger partial charge in [0.25, 0.3) is 0 Å². The van der Waals surface area contributed by atoms with Gasteiger partial charge in [0.1, 0.15) is 5.82 Å². The zero-order chi connectivity index (χ0) is 14.5. The number of rotatable bonds is 5. The third-order valence-electron chi connectivity index (χ3n) is 3.39. The van der Waals surface area contributed by atoms with Crippen molar-refractivity contribution >= 4 is 11.6 Å². The van der Waals surface area contributed by atoms with E-state index in [1.165, 1.54) is 11.6 Å². The first-order valence-corrected chi connectivity index (χ1v) is 7.25. The van der Waals surface area contributed by atoms with E-state index in [9.17, 15) is 4.39 Å². The summed E-state index contributed by atoms with van der Waals surface area (Å²) in [6.07, 6.45) is 1.01. The highest BCUT2D eigenvalue weighted by atomic mass is 35.5. The lowest BCUT2D eigenvalue weighted by Gasteiger charge is -2.22. The molecule has 0 aliphatic rings. The summed E-state index contributed by atoms with van der Waals surface area (Å²) >= 11 is 6.15. The molecular formula is C17H19ClFN. The van der Waals surface area contributed by atoms with Gasteiger partial charge < -0.3 is 5.32 Å². The van der Waals surface area contributed by atoms with Crippen LogP contribution in [0.5, 0.6) is 0 Å². The van der Waals surface area contributed by atoms with Crippen LogP contribution in [0.3, 0.4) is 0 Å². The van der Waals surface area contributed by atoms with Crippen molar-refractivity contribution in [1.82, 2.24) is 5.32 Å². The van der Waals surface area contributed by atoms with E-state index < -0.39 is 0 Å². The Labute approximate surface area is 124 Å². The normalized spacial score (nSPS) is 12.4. The average Bonchev–Trinajstić information content (AvgIpc) is 2.45. The Balaban J connectivity index is 2.47. The van der Waals surface area contributed by atoms with E-state index >= 15 is 0 Å². The van der Waals surface area contributed by atoms with Crippen molar-refractivity contribution in [3.05, 3.63) is 70.0 Å². The van der Waals surface area contributed by atoms with E-state index in [2.05, 4.69) is 31.3 Å². The van der Waals surface area contributed by atoms with Gasteiger partial charge in [-0.3, -0.25) is 0 Å². The van der Waals surface area contributed by atoms with Crippen molar-refractivity contribution in [2.24, 2.45) is 0 Å². The Bertz CT molecular complexity index is 583. The summed E-state index contributed by atoms with van der Waals surface area (Å²) in [5.74, 6) is -0.374. The first kappa shape index (κ1) is 15.0. The molecule has 0 spiro atoms. The van der Waals surface area contributed by atoms with Gasteiger partial charge in [0.2, 0.25) is 0 Å². The molecule has 2 rings (SSSR count). The molecule has 106 valence electrons. The summed E-state index contributed by atoms with van der Waals surface area (Å²) in [6, 6.07) is 13.0. The van der Waals surface area contributed by atoms with Crippen molar-refractivity contribution in [2.75, 3.05) is 6.54 Å². The highest BCUT2D eigenvalue weighted by molar-refractivity contribution is 6.31. The molecule has 1 N–H and O–H groups in total. The minimum atomic E-state index is -0.374. The van der Waals surface area contributed by atoms with Crippen molar-refractivity contribution in [3.8, 4) is 0 Å². The predicted molar refractivity (Wildman–Crippen MR) is 82.7 cm³/mol. The molecule has 0 radical (unpaired) electrons. The van der Waals surface area contributed by atoms with E-state index in [1.807, 2.05) is 18.2 Å². The van der Waals surface area contributed by atoms with Crippen LogP contribution in [0.2, 0.25) is 5.02 Å². The summed E-state index contributed by atoms with van der Waals surface area (Å²) in [7, 11) is 0. The van der Waals surface area contributed by atoms with Crippen LogP contribution in [0.4, 0.5) is 4.39 Å². The fourth-order valence-corrected chi connectivity index (χ4v) is 2.57. The third-order valence-corrected chi connectivity index (χ3v) is 3.79. The monoisotopic (exact) mass is 291 g/mol. The van der Waals surface area contributed by atoms with Crippen LogP contribution in [0.1, 0.15) is 36.1 Å². The predicted octanol–water partition coefficient (Wildman–Crippen LogP) is 4.88. The molecule has 0 saturated heterocycles. The maximum atomic E-state index is 13.7. The number of hydrogen-bond donors (Lipinski definition) is 1. The molecular weight excluding hydrogens is 273 g/mol. The zero-order valence-electron chi connectivity index (χ0n) is 11.8. The summed E-state index contributed by atoms with van der Waals surface area (Å²) in [6.45, 7) is 5.02. The standard InChI is InChI=1S/C17H19ClFN/c1-3-11-20-17(13-8-5-4-7-12(13)2)14-9-6-10-15(19)16(14)18/h4-10,17,20H,3,11H2,1-2H3. The van der Waals surface area contributed by atoms with Crippen molar-refractivity contribution in [2.45, 2.75) is 26.3 Å². The molecule has 1 nitrogen and oxygen atoms in total. The molecule has 2 aromatic rings. The first-order chi connectivity index (χ1) is 9.65. The van der Waals surface area contributed by atoms with E-state index in [4.69, 9.17) is 11.6 Å². The summed E-state index contributed by atoms with van der Waals surface area (Å²) < 4.78 is 13.7. The molecule has 0 saturated carbocycles. The smallest absolute Gasteiger partial charge is 0.142 e. The Morgan fingerprint density at radius 1 is 1.10 bits per heavy atom. The molecule has 0 fully saturated rings. The molecule has 0 bridgehead atoms. The average molecular weight is 292 g/mol. The lowest BCUT2D eigenvalue weighted by Crippen LogP contribution is -2.24. The second-order valence-electron chi connectivity index (χ2n) is 4.89. The lowest BCUT2D eigenvalue weighted by molar-refractivity contribution is 0.584. The molecule has 2 aromatic carbocycles. The van der Waals surface area contributed by atoms with E-state index in [1.54, 1.807) is 6.07 Å². The quantitative estimate of drug-likeness (QED) is 0.828. The van der Waals surface area contributed by atoms with Gasteiger partial charge in [-0.25, -0.2) is 4.39 Å². The van der Waals surface area contributed by atoms with E-state index in [0.29, 0.717) is 0 Å². The molecule has 1 unspecified atom stereocenters. The molecule has 3 heteroatoms.